The fourth-order valence-electron chi connectivity index (χ4n) is 2.13. The average Bonchev–Trinajstić information content (AvgIpc) is 2.48. The van der Waals surface area contributed by atoms with Gasteiger partial charge in [-0.05, 0) is 50.2 Å². The fourth-order valence-corrected chi connectivity index (χ4v) is 2.86. The third-order valence-corrected chi connectivity index (χ3v) is 4.75. The second kappa shape index (κ2) is 7.85. The largest absolute Gasteiger partial charge is 0.349 e. The lowest BCUT2D eigenvalue weighted by molar-refractivity contribution is 0.0929. The molecule has 0 bridgehead atoms. The Kier molecular flexibility index (Phi) is 6.70. The summed E-state index contributed by atoms with van der Waals surface area (Å²) in [5.41, 5.74) is 0.252. The summed E-state index contributed by atoms with van der Waals surface area (Å²) in [5, 5.41) is 6.01. The van der Waals surface area contributed by atoms with E-state index < -0.39 is 20.5 Å². The normalized spacial score (nSPS) is 16.1. The molecule has 1 fully saturated rings. The van der Waals surface area contributed by atoms with E-state index >= 15 is 0 Å². The predicted octanol–water partition coefficient (Wildman–Crippen LogP) is 1.59. The van der Waals surface area contributed by atoms with E-state index in [4.69, 9.17) is 0 Å². The van der Waals surface area contributed by atoms with Gasteiger partial charge in [-0.15, -0.1) is 12.4 Å². The highest BCUT2D eigenvalue weighted by Crippen LogP contribution is 2.18. The zero-order valence-electron chi connectivity index (χ0n) is 11.6. The zero-order chi connectivity index (χ0) is 15.5. The second-order valence-electron chi connectivity index (χ2n) is 4.83. The number of hydrogen-bond acceptors (Lipinski definition) is 4. The third kappa shape index (κ3) is 4.37. The SMILES string of the molecule is Cl.O=C(NC1CCNCC1)c1ccc(S(=O)(=O)C(F)F)cc1. The van der Waals surface area contributed by atoms with Crippen LogP contribution in [-0.4, -0.2) is 39.2 Å². The molecule has 1 saturated heterocycles. The lowest BCUT2D eigenvalue weighted by atomic mass is 10.1. The molecule has 1 aliphatic heterocycles. The van der Waals surface area contributed by atoms with Crippen molar-refractivity contribution in [1.29, 1.82) is 0 Å². The van der Waals surface area contributed by atoms with Gasteiger partial charge in [-0.1, -0.05) is 0 Å². The van der Waals surface area contributed by atoms with Crippen LogP contribution in [0.15, 0.2) is 29.2 Å². The van der Waals surface area contributed by atoms with Gasteiger partial charge in [0.25, 0.3) is 5.91 Å². The monoisotopic (exact) mass is 354 g/mol. The summed E-state index contributed by atoms with van der Waals surface area (Å²) in [4.78, 5) is 11.5. The van der Waals surface area contributed by atoms with Gasteiger partial charge >= 0.3 is 5.76 Å². The molecule has 1 heterocycles. The van der Waals surface area contributed by atoms with Crippen molar-refractivity contribution < 1.29 is 22.0 Å². The second-order valence-corrected chi connectivity index (χ2v) is 6.75. The Balaban J connectivity index is 0.00000242. The van der Waals surface area contributed by atoms with Crippen LogP contribution < -0.4 is 10.6 Å². The Morgan fingerprint density at radius 3 is 2.23 bits per heavy atom. The Morgan fingerprint density at radius 2 is 1.73 bits per heavy atom. The van der Waals surface area contributed by atoms with Gasteiger partial charge < -0.3 is 10.6 Å². The minimum atomic E-state index is -4.62. The van der Waals surface area contributed by atoms with Crippen LogP contribution in [0.1, 0.15) is 23.2 Å². The van der Waals surface area contributed by atoms with E-state index in [2.05, 4.69) is 10.6 Å². The topological polar surface area (TPSA) is 75.3 Å². The van der Waals surface area contributed by atoms with E-state index in [1.54, 1.807) is 0 Å². The molecule has 0 atom stereocenters. The van der Waals surface area contributed by atoms with Crippen LogP contribution >= 0.6 is 12.4 Å². The quantitative estimate of drug-likeness (QED) is 0.861. The van der Waals surface area contributed by atoms with Crippen molar-refractivity contribution in [2.45, 2.75) is 29.5 Å². The summed E-state index contributed by atoms with van der Waals surface area (Å²) in [5.74, 6) is -3.80. The number of carbonyl (C=O) groups excluding carboxylic acids is 1. The average molecular weight is 355 g/mol. The summed E-state index contributed by atoms with van der Waals surface area (Å²) in [7, 11) is -4.62. The lowest BCUT2D eigenvalue weighted by Crippen LogP contribution is -2.42. The van der Waals surface area contributed by atoms with Crippen molar-refractivity contribution in [2.75, 3.05) is 13.1 Å². The van der Waals surface area contributed by atoms with E-state index in [-0.39, 0.29) is 29.9 Å². The molecule has 0 spiro atoms. The zero-order valence-corrected chi connectivity index (χ0v) is 13.2. The lowest BCUT2D eigenvalue weighted by Gasteiger charge is -2.23. The van der Waals surface area contributed by atoms with Crippen molar-refractivity contribution in [3.63, 3.8) is 0 Å². The van der Waals surface area contributed by atoms with Crippen LogP contribution in [0.4, 0.5) is 8.78 Å². The van der Waals surface area contributed by atoms with Crippen LogP contribution in [0.3, 0.4) is 0 Å². The summed E-state index contributed by atoms with van der Waals surface area (Å²) < 4.78 is 47.3. The molecule has 0 saturated carbocycles. The maximum absolute atomic E-state index is 12.4. The number of hydrogen-bond donors (Lipinski definition) is 2. The van der Waals surface area contributed by atoms with Crippen LogP contribution in [0.5, 0.6) is 0 Å². The molecule has 0 aliphatic carbocycles. The van der Waals surface area contributed by atoms with Crippen molar-refractivity contribution in [1.82, 2.24) is 10.6 Å². The molecule has 1 amide bonds. The minimum Gasteiger partial charge on any atom is -0.349 e. The Labute approximate surface area is 133 Å². The van der Waals surface area contributed by atoms with E-state index in [1.165, 1.54) is 12.1 Å². The van der Waals surface area contributed by atoms with Gasteiger partial charge in [0, 0.05) is 11.6 Å². The number of carbonyl (C=O) groups is 1. The van der Waals surface area contributed by atoms with Gasteiger partial charge in [0.15, 0.2) is 0 Å². The van der Waals surface area contributed by atoms with Gasteiger partial charge in [-0.2, -0.15) is 8.78 Å². The molecule has 0 aromatic heterocycles. The Bertz CT molecular complexity index is 602. The molecular formula is C13H17ClF2N2O3S. The number of rotatable bonds is 4. The molecule has 124 valence electrons. The number of amides is 1. The molecule has 1 aromatic rings. The van der Waals surface area contributed by atoms with Gasteiger partial charge in [-0.3, -0.25) is 4.79 Å². The Morgan fingerprint density at radius 1 is 1.18 bits per heavy atom. The van der Waals surface area contributed by atoms with Crippen molar-refractivity contribution >= 4 is 28.2 Å². The standard InChI is InChI=1S/C13H16F2N2O3S.ClH/c14-13(15)21(19,20)11-3-1-9(2-4-11)12(18)17-10-5-7-16-8-6-10;/h1-4,10,13,16H,5-8H2,(H,17,18);1H. The number of benzene rings is 1. The van der Waals surface area contributed by atoms with E-state index in [0.29, 0.717) is 0 Å². The summed E-state index contributed by atoms with van der Waals surface area (Å²) in [6, 6.07) is 4.61. The summed E-state index contributed by atoms with van der Waals surface area (Å²) in [6.45, 7) is 1.66. The van der Waals surface area contributed by atoms with E-state index in [1.807, 2.05) is 0 Å². The third-order valence-electron chi connectivity index (χ3n) is 3.35. The number of sulfone groups is 1. The first kappa shape index (κ1) is 18.8. The highest BCUT2D eigenvalue weighted by Gasteiger charge is 2.26. The maximum Gasteiger partial charge on any atom is 0.341 e. The molecule has 0 unspecified atom stereocenters. The molecule has 0 radical (unpaired) electrons. The van der Waals surface area contributed by atoms with E-state index in [0.717, 1.165) is 38.1 Å². The van der Waals surface area contributed by atoms with Crippen LogP contribution in [0, 0.1) is 0 Å². The van der Waals surface area contributed by atoms with Crippen molar-refractivity contribution in [2.24, 2.45) is 0 Å². The molecule has 2 N–H and O–H groups in total. The number of halogens is 3. The molecule has 1 aliphatic rings. The molecule has 9 heteroatoms. The number of piperidine rings is 1. The van der Waals surface area contributed by atoms with Crippen LogP contribution in [-0.2, 0) is 9.84 Å². The molecule has 22 heavy (non-hydrogen) atoms. The van der Waals surface area contributed by atoms with Crippen LogP contribution in [0.2, 0.25) is 0 Å². The van der Waals surface area contributed by atoms with Gasteiger partial charge in [0.1, 0.15) is 0 Å². The summed E-state index contributed by atoms with van der Waals surface area (Å²) >= 11 is 0. The number of nitrogens with one attached hydrogen (secondary N) is 2. The Hall–Kier alpha value is -1.25. The molecular weight excluding hydrogens is 338 g/mol. The first-order valence-electron chi connectivity index (χ1n) is 6.55. The molecule has 1 aromatic carbocycles. The highest BCUT2D eigenvalue weighted by atomic mass is 35.5. The van der Waals surface area contributed by atoms with E-state index in [9.17, 15) is 22.0 Å². The highest BCUT2D eigenvalue weighted by molar-refractivity contribution is 7.91. The van der Waals surface area contributed by atoms with Gasteiger partial charge in [-0.25, -0.2) is 8.42 Å². The molecule has 5 nitrogen and oxygen atoms in total. The van der Waals surface area contributed by atoms with Gasteiger partial charge in [0.05, 0.1) is 4.90 Å². The molecule has 2 rings (SSSR count). The van der Waals surface area contributed by atoms with Gasteiger partial charge in [0.2, 0.25) is 9.84 Å². The fraction of sp³-hybridized carbons (Fsp3) is 0.462. The summed E-state index contributed by atoms with van der Waals surface area (Å²) in [6.07, 6.45) is 1.65. The maximum atomic E-state index is 12.4. The van der Waals surface area contributed by atoms with Crippen molar-refractivity contribution in [3.8, 4) is 0 Å². The number of alkyl halides is 2. The van der Waals surface area contributed by atoms with Crippen molar-refractivity contribution in [3.05, 3.63) is 29.8 Å². The predicted molar refractivity (Wildman–Crippen MR) is 80.2 cm³/mol. The smallest absolute Gasteiger partial charge is 0.341 e. The van der Waals surface area contributed by atoms with Crippen LogP contribution in [0.25, 0.3) is 0 Å². The first-order chi connectivity index (χ1) is 9.91. The minimum absolute atomic E-state index is 0. The first-order valence-corrected chi connectivity index (χ1v) is 8.09.